The van der Waals surface area contributed by atoms with Crippen LogP contribution < -0.4 is 4.90 Å². The number of nitro groups is 1. The van der Waals surface area contributed by atoms with Crippen LogP contribution in [0, 0.1) is 40.7 Å². The molecule has 118 valence electrons. The maximum atomic E-state index is 12.8. The maximum Gasteiger partial charge on any atom is 0.293 e. The van der Waals surface area contributed by atoms with Gasteiger partial charge in [-0.1, -0.05) is 18.2 Å². The van der Waals surface area contributed by atoms with Crippen molar-refractivity contribution in [3.8, 4) is 0 Å². The monoisotopic (exact) mass is 312 g/mol. The molecule has 1 aromatic rings. The lowest BCUT2D eigenvalue weighted by Crippen LogP contribution is -2.38. The Hall–Kier alpha value is -2.50. The Balaban J connectivity index is 1.81. The van der Waals surface area contributed by atoms with Gasteiger partial charge < -0.3 is 0 Å². The van der Waals surface area contributed by atoms with Crippen molar-refractivity contribution in [3.63, 3.8) is 0 Å². The van der Waals surface area contributed by atoms with Gasteiger partial charge in [0.1, 0.15) is 5.69 Å². The van der Waals surface area contributed by atoms with Gasteiger partial charge in [-0.25, -0.2) is 4.90 Å². The Morgan fingerprint density at radius 3 is 2.13 bits per heavy atom. The second-order valence-electron chi connectivity index (χ2n) is 6.60. The fourth-order valence-corrected chi connectivity index (χ4v) is 4.28. The summed E-state index contributed by atoms with van der Waals surface area (Å²) in [5.74, 6) is -1.12. The van der Waals surface area contributed by atoms with Crippen LogP contribution in [-0.2, 0) is 9.59 Å². The number of allylic oxidation sites excluding steroid dienone is 2. The quantitative estimate of drug-likeness (QED) is 0.364. The van der Waals surface area contributed by atoms with E-state index in [2.05, 4.69) is 0 Å². The van der Waals surface area contributed by atoms with Crippen molar-refractivity contribution < 1.29 is 14.5 Å². The number of aryl methyl sites for hydroxylation is 1. The number of carbonyl (C=O) groups excluding carboxylic acids is 2. The van der Waals surface area contributed by atoms with Crippen LogP contribution >= 0.6 is 0 Å². The highest BCUT2D eigenvalue weighted by molar-refractivity contribution is 6.23. The molecule has 1 saturated carbocycles. The SMILES string of the molecule is Cc1ccc(N2C(=O)[C@@H]3[C@H](C2=O)[C@@H]2C=C[C@H]3CC2)c([N+](=O)[O-])c1. The molecule has 0 N–H and O–H groups in total. The maximum absolute atomic E-state index is 12.8. The Kier molecular flexibility index (Phi) is 2.91. The number of hydrogen-bond acceptors (Lipinski definition) is 4. The van der Waals surface area contributed by atoms with E-state index >= 15 is 0 Å². The number of amides is 2. The molecule has 2 amide bonds. The standard InChI is InChI=1S/C17H16N2O4/c1-9-2-7-12(13(8-9)19(22)23)18-16(20)14-10-3-4-11(6-5-10)15(14)17(18)21/h2-4,7-8,10-11,14-15H,5-6H2,1H3/t10-,11+,14-,15+. The summed E-state index contributed by atoms with van der Waals surface area (Å²) in [6.45, 7) is 1.74. The number of benzene rings is 1. The molecule has 0 radical (unpaired) electrons. The Morgan fingerprint density at radius 1 is 1.09 bits per heavy atom. The first-order valence-corrected chi connectivity index (χ1v) is 7.80. The van der Waals surface area contributed by atoms with E-state index in [1.165, 1.54) is 12.1 Å². The fourth-order valence-electron chi connectivity index (χ4n) is 4.28. The molecule has 0 spiro atoms. The van der Waals surface area contributed by atoms with E-state index in [0.29, 0.717) is 0 Å². The van der Waals surface area contributed by atoms with E-state index in [1.54, 1.807) is 13.0 Å². The normalized spacial score (nSPS) is 31.6. The zero-order chi connectivity index (χ0) is 16.3. The van der Waals surface area contributed by atoms with E-state index in [4.69, 9.17) is 0 Å². The molecule has 1 heterocycles. The van der Waals surface area contributed by atoms with Crippen LogP contribution in [0.15, 0.2) is 30.4 Å². The van der Waals surface area contributed by atoms with Crippen LogP contribution in [0.1, 0.15) is 18.4 Å². The topological polar surface area (TPSA) is 80.5 Å². The molecule has 1 aliphatic heterocycles. The van der Waals surface area contributed by atoms with Crippen LogP contribution in [0.4, 0.5) is 11.4 Å². The first kappa shape index (κ1) is 14.1. The van der Waals surface area contributed by atoms with Crippen molar-refractivity contribution in [2.75, 3.05) is 4.90 Å². The van der Waals surface area contributed by atoms with E-state index in [1.807, 2.05) is 12.2 Å². The van der Waals surface area contributed by atoms with Gasteiger partial charge in [-0.05, 0) is 43.2 Å². The fraction of sp³-hybridized carbons (Fsp3) is 0.412. The van der Waals surface area contributed by atoms with Gasteiger partial charge in [0.25, 0.3) is 5.69 Å². The smallest absolute Gasteiger partial charge is 0.274 e. The molecule has 4 aliphatic rings. The molecule has 2 bridgehead atoms. The molecular weight excluding hydrogens is 296 g/mol. The molecule has 0 aromatic heterocycles. The number of carbonyl (C=O) groups is 2. The molecule has 0 unspecified atom stereocenters. The third-order valence-corrected chi connectivity index (χ3v) is 5.33. The number of nitrogens with zero attached hydrogens (tertiary/aromatic N) is 2. The van der Waals surface area contributed by atoms with E-state index in [0.717, 1.165) is 23.3 Å². The van der Waals surface area contributed by atoms with E-state index < -0.39 is 4.92 Å². The average Bonchev–Trinajstić information content (AvgIpc) is 2.82. The van der Waals surface area contributed by atoms with Crippen LogP contribution in [0.5, 0.6) is 0 Å². The molecule has 5 rings (SSSR count). The Labute approximate surface area is 132 Å². The highest BCUT2D eigenvalue weighted by Crippen LogP contribution is 2.51. The van der Waals surface area contributed by atoms with Crippen molar-refractivity contribution in [1.82, 2.24) is 0 Å². The van der Waals surface area contributed by atoms with Crippen molar-refractivity contribution in [2.45, 2.75) is 19.8 Å². The van der Waals surface area contributed by atoms with Gasteiger partial charge in [0.2, 0.25) is 11.8 Å². The highest BCUT2D eigenvalue weighted by Gasteiger charge is 2.57. The van der Waals surface area contributed by atoms with Gasteiger partial charge in [-0.15, -0.1) is 0 Å². The molecule has 4 atom stereocenters. The summed E-state index contributed by atoms with van der Waals surface area (Å²) in [7, 11) is 0. The lowest BCUT2D eigenvalue weighted by molar-refractivity contribution is -0.384. The van der Waals surface area contributed by atoms with Crippen molar-refractivity contribution in [1.29, 1.82) is 0 Å². The molecule has 6 nitrogen and oxygen atoms in total. The minimum Gasteiger partial charge on any atom is -0.274 e. The summed E-state index contributed by atoms with van der Waals surface area (Å²) in [5.41, 5.74) is 0.633. The van der Waals surface area contributed by atoms with Crippen LogP contribution in [0.25, 0.3) is 0 Å². The largest absolute Gasteiger partial charge is 0.293 e. The predicted octanol–water partition coefficient (Wildman–Crippen LogP) is 2.60. The number of fused-ring (bicyclic) bond motifs is 1. The summed E-state index contributed by atoms with van der Waals surface area (Å²) in [4.78, 5) is 37.6. The van der Waals surface area contributed by atoms with Crippen LogP contribution in [-0.4, -0.2) is 16.7 Å². The van der Waals surface area contributed by atoms with Gasteiger partial charge in [-0.2, -0.15) is 0 Å². The lowest BCUT2D eigenvalue weighted by atomic mass is 9.63. The first-order valence-electron chi connectivity index (χ1n) is 7.80. The Bertz CT molecular complexity index is 738. The van der Waals surface area contributed by atoms with Gasteiger partial charge in [-0.3, -0.25) is 19.7 Å². The minimum atomic E-state index is -0.530. The predicted molar refractivity (Wildman–Crippen MR) is 82.7 cm³/mol. The molecule has 1 aromatic carbocycles. The second kappa shape index (κ2) is 4.75. The number of anilines is 1. The summed E-state index contributed by atoms with van der Waals surface area (Å²) < 4.78 is 0. The minimum absolute atomic E-state index is 0.0796. The van der Waals surface area contributed by atoms with Gasteiger partial charge >= 0.3 is 0 Å². The van der Waals surface area contributed by atoms with Gasteiger partial charge in [0, 0.05) is 6.07 Å². The highest BCUT2D eigenvalue weighted by atomic mass is 16.6. The zero-order valence-corrected chi connectivity index (χ0v) is 12.6. The van der Waals surface area contributed by atoms with E-state index in [-0.39, 0.29) is 46.9 Å². The number of hydrogen-bond donors (Lipinski definition) is 0. The summed E-state index contributed by atoms with van der Waals surface area (Å²) in [5, 5.41) is 11.3. The first-order chi connectivity index (χ1) is 11.0. The van der Waals surface area contributed by atoms with Gasteiger partial charge in [0.15, 0.2) is 0 Å². The second-order valence-corrected chi connectivity index (χ2v) is 6.60. The number of imide groups is 1. The molecular formula is C17H16N2O4. The Morgan fingerprint density at radius 2 is 1.65 bits per heavy atom. The molecule has 2 fully saturated rings. The summed E-state index contributed by atoms with van der Waals surface area (Å²) >= 11 is 0. The third kappa shape index (κ3) is 1.87. The summed E-state index contributed by atoms with van der Waals surface area (Å²) in [6.07, 6.45) is 5.89. The van der Waals surface area contributed by atoms with Gasteiger partial charge in [0.05, 0.1) is 16.8 Å². The van der Waals surface area contributed by atoms with Crippen LogP contribution in [0.2, 0.25) is 0 Å². The van der Waals surface area contributed by atoms with E-state index in [9.17, 15) is 19.7 Å². The molecule has 3 aliphatic carbocycles. The van der Waals surface area contributed by atoms with Crippen molar-refractivity contribution in [3.05, 3.63) is 46.0 Å². The average molecular weight is 312 g/mol. The third-order valence-electron chi connectivity index (χ3n) is 5.33. The summed E-state index contributed by atoms with van der Waals surface area (Å²) in [6, 6.07) is 4.61. The van der Waals surface area contributed by atoms with Crippen LogP contribution in [0.3, 0.4) is 0 Å². The van der Waals surface area contributed by atoms with Crippen molar-refractivity contribution in [2.24, 2.45) is 23.7 Å². The van der Waals surface area contributed by atoms with Crippen molar-refractivity contribution >= 4 is 23.2 Å². The molecule has 6 heteroatoms. The zero-order valence-electron chi connectivity index (χ0n) is 12.6. The molecule has 1 saturated heterocycles. The number of rotatable bonds is 2. The lowest BCUT2D eigenvalue weighted by Gasteiger charge is -2.38. The molecule has 23 heavy (non-hydrogen) atoms. The number of nitro benzene ring substituents is 1.